The summed E-state index contributed by atoms with van der Waals surface area (Å²) in [4.78, 5) is 8.98. The molecule has 1 saturated carbocycles. The van der Waals surface area contributed by atoms with Crippen LogP contribution in [0.15, 0.2) is 36.8 Å². The Bertz CT molecular complexity index is 936. The first-order valence-corrected chi connectivity index (χ1v) is 8.38. The topological polar surface area (TPSA) is 99.1 Å². The fourth-order valence-corrected chi connectivity index (χ4v) is 3.22. The minimum Gasteiger partial charge on any atom is -0.393 e. The number of hydrogen-bond donors (Lipinski definition) is 2. The zero-order valence-electron chi connectivity index (χ0n) is 13.6. The van der Waals surface area contributed by atoms with Crippen LogP contribution in [-0.4, -0.2) is 36.8 Å². The van der Waals surface area contributed by atoms with Gasteiger partial charge in [0.2, 0.25) is 0 Å². The quantitative estimate of drug-likeness (QED) is 0.763. The highest BCUT2D eigenvalue weighted by molar-refractivity contribution is 5.77. The zero-order chi connectivity index (χ0) is 17.2. The summed E-state index contributed by atoms with van der Waals surface area (Å²) in [5, 5.41) is 26.5. The number of aliphatic hydroxyl groups excluding tert-OH is 1. The summed E-state index contributed by atoms with van der Waals surface area (Å²) in [5.74, 6) is 1.34. The fraction of sp³-hybridized carbons (Fsp3) is 0.333. The van der Waals surface area contributed by atoms with Crippen LogP contribution >= 0.6 is 0 Å². The standard InChI is InChI=1S/C18H18N6O/c19-10-12-6-8-24-16(9-12)15(11-21-24)18-20-7-5-17(23-18)22-13-1-3-14(25)4-2-13/h5-9,11,13-14,25H,1-4H2,(H,20,22,23)/t13-,14-. The lowest BCUT2D eigenvalue weighted by Crippen LogP contribution is -2.28. The monoisotopic (exact) mass is 334 g/mol. The SMILES string of the molecule is N#Cc1ccn2ncc(-c3nccc(N[C@H]4CC[C@H](O)CC4)n3)c2c1. The number of nitriles is 1. The van der Waals surface area contributed by atoms with Crippen molar-refractivity contribution in [1.29, 1.82) is 5.26 Å². The predicted octanol–water partition coefficient (Wildman–Crippen LogP) is 2.38. The summed E-state index contributed by atoms with van der Waals surface area (Å²) < 4.78 is 1.71. The lowest BCUT2D eigenvalue weighted by Gasteiger charge is -2.26. The molecule has 0 aromatic carbocycles. The molecule has 0 unspecified atom stereocenters. The Labute approximate surface area is 145 Å². The van der Waals surface area contributed by atoms with Gasteiger partial charge in [0.05, 0.1) is 35.0 Å². The van der Waals surface area contributed by atoms with E-state index in [1.165, 1.54) is 0 Å². The molecule has 25 heavy (non-hydrogen) atoms. The number of fused-ring (bicyclic) bond motifs is 1. The van der Waals surface area contributed by atoms with E-state index in [-0.39, 0.29) is 6.10 Å². The molecule has 0 bridgehead atoms. The molecular weight excluding hydrogens is 316 g/mol. The average Bonchev–Trinajstić information content (AvgIpc) is 3.07. The number of aromatic nitrogens is 4. The Morgan fingerprint density at radius 2 is 2.08 bits per heavy atom. The van der Waals surface area contributed by atoms with Crippen LogP contribution in [0.3, 0.4) is 0 Å². The maximum atomic E-state index is 9.62. The van der Waals surface area contributed by atoms with E-state index < -0.39 is 0 Å². The van der Waals surface area contributed by atoms with E-state index in [4.69, 9.17) is 5.26 Å². The van der Waals surface area contributed by atoms with Crippen LogP contribution in [0.1, 0.15) is 31.2 Å². The Morgan fingerprint density at radius 3 is 2.88 bits per heavy atom. The normalized spacial score (nSPS) is 20.3. The van der Waals surface area contributed by atoms with E-state index in [9.17, 15) is 5.11 Å². The summed E-state index contributed by atoms with van der Waals surface area (Å²) in [6, 6.07) is 7.82. The van der Waals surface area contributed by atoms with Crippen molar-refractivity contribution in [3.63, 3.8) is 0 Å². The van der Waals surface area contributed by atoms with Gasteiger partial charge in [0.15, 0.2) is 5.82 Å². The van der Waals surface area contributed by atoms with Crippen molar-refractivity contribution >= 4 is 11.3 Å². The third kappa shape index (κ3) is 3.16. The van der Waals surface area contributed by atoms with Gasteiger partial charge in [0.1, 0.15) is 5.82 Å². The van der Waals surface area contributed by atoms with E-state index in [1.807, 2.05) is 6.07 Å². The van der Waals surface area contributed by atoms with Gasteiger partial charge in [0, 0.05) is 18.4 Å². The molecule has 0 aliphatic heterocycles. The van der Waals surface area contributed by atoms with Crippen molar-refractivity contribution < 1.29 is 5.11 Å². The highest BCUT2D eigenvalue weighted by atomic mass is 16.3. The van der Waals surface area contributed by atoms with Crippen LogP contribution in [0.5, 0.6) is 0 Å². The van der Waals surface area contributed by atoms with Gasteiger partial charge in [-0.15, -0.1) is 0 Å². The summed E-state index contributed by atoms with van der Waals surface area (Å²) in [5.41, 5.74) is 2.17. The lowest BCUT2D eigenvalue weighted by molar-refractivity contribution is 0.126. The first-order valence-electron chi connectivity index (χ1n) is 8.38. The fourth-order valence-electron chi connectivity index (χ4n) is 3.22. The largest absolute Gasteiger partial charge is 0.393 e. The van der Waals surface area contributed by atoms with Gasteiger partial charge in [-0.25, -0.2) is 14.5 Å². The van der Waals surface area contributed by atoms with Gasteiger partial charge in [-0.1, -0.05) is 0 Å². The molecule has 7 heteroatoms. The smallest absolute Gasteiger partial charge is 0.165 e. The van der Waals surface area contributed by atoms with E-state index in [2.05, 4.69) is 26.5 Å². The first-order chi connectivity index (χ1) is 12.2. The van der Waals surface area contributed by atoms with Crippen molar-refractivity contribution in [2.75, 3.05) is 5.32 Å². The molecule has 4 rings (SSSR count). The molecule has 2 N–H and O–H groups in total. The Kier molecular flexibility index (Phi) is 4.04. The third-order valence-electron chi connectivity index (χ3n) is 4.60. The first kappa shape index (κ1) is 15.5. The summed E-state index contributed by atoms with van der Waals surface area (Å²) >= 11 is 0. The summed E-state index contributed by atoms with van der Waals surface area (Å²) in [6.07, 6.45) is 8.53. The summed E-state index contributed by atoms with van der Waals surface area (Å²) in [7, 11) is 0. The summed E-state index contributed by atoms with van der Waals surface area (Å²) in [6.45, 7) is 0. The third-order valence-corrected chi connectivity index (χ3v) is 4.60. The molecule has 3 heterocycles. The van der Waals surface area contributed by atoms with Gasteiger partial charge in [-0.3, -0.25) is 0 Å². The van der Waals surface area contributed by atoms with E-state index in [0.29, 0.717) is 17.4 Å². The number of nitrogens with zero attached hydrogens (tertiary/aromatic N) is 5. The Balaban J connectivity index is 1.62. The number of aliphatic hydroxyl groups is 1. The van der Waals surface area contributed by atoms with Crippen molar-refractivity contribution in [3.05, 3.63) is 42.4 Å². The maximum Gasteiger partial charge on any atom is 0.165 e. The minimum atomic E-state index is -0.174. The van der Waals surface area contributed by atoms with Crippen LogP contribution in [-0.2, 0) is 0 Å². The molecule has 0 saturated heterocycles. The molecule has 7 nitrogen and oxygen atoms in total. The minimum absolute atomic E-state index is 0.174. The van der Waals surface area contributed by atoms with Gasteiger partial charge < -0.3 is 10.4 Å². The second-order valence-corrected chi connectivity index (χ2v) is 6.33. The average molecular weight is 334 g/mol. The van der Waals surface area contributed by atoms with Crippen LogP contribution in [0, 0.1) is 11.3 Å². The van der Waals surface area contributed by atoms with E-state index in [0.717, 1.165) is 42.6 Å². The number of nitrogens with one attached hydrogen (secondary N) is 1. The van der Waals surface area contributed by atoms with Crippen molar-refractivity contribution in [2.45, 2.75) is 37.8 Å². The molecular formula is C18H18N6O. The second kappa shape index (κ2) is 6.49. The maximum absolute atomic E-state index is 9.62. The molecule has 0 spiro atoms. The number of hydrogen-bond acceptors (Lipinski definition) is 6. The van der Waals surface area contributed by atoms with Crippen LogP contribution < -0.4 is 5.32 Å². The number of rotatable bonds is 3. The van der Waals surface area contributed by atoms with E-state index in [1.54, 1.807) is 35.2 Å². The number of pyridine rings is 1. The van der Waals surface area contributed by atoms with Crippen molar-refractivity contribution in [2.24, 2.45) is 0 Å². The Morgan fingerprint density at radius 1 is 1.24 bits per heavy atom. The molecule has 0 radical (unpaired) electrons. The van der Waals surface area contributed by atoms with Gasteiger partial charge >= 0.3 is 0 Å². The van der Waals surface area contributed by atoms with Gasteiger partial charge in [0.25, 0.3) is 0 Å². The predicted molar refractivity (Wildman–Crippen MR) is 92.8 cm³/mol. The van der Waals surface area contributed by atoms with E-state index >= 15 is 0 Å². The van der Waals surface area contributed by atoms with Crippen LogP contribution in [0.25, 0.3) is 16.9 Å². The lowest BCUT2D eigenvalue weighted by atomic mass is 9.93. The Hall–Kier alpha value is -2.98. The van der Waals surface area contributed by atoms with Crippen LogP contribution in [0.2, 0.25) is 0 Å². The molecule has 1 fully saturated rings. The van der Waals surface area contributed by atoms with Gasteiger partial charge in [-0.05, 0) is 43.9 Å². The molecule has 1 aliphatic rings. The van der Waals surface area contributed by atoms with Crippen molar-refractivity contribution in [3.8, 4) is 17.5 Å². The molecule has 0 amide bonds. The second-order valence-electron chi connectivity index (χ2n) is 6.33. The molecule has 126 valence electrons. The van der Waals surface area contributed by atoms with Gasteiger partial charge in [-0.2, -0.15) is 10.4 Å². The molecule has 1 aliphatic carbocycles. The zero-order valence-corrected chi connectivity index (χ0v) is 13.6. The number of anilines is 1. The molecule has 3 aromatic rings. The highest BCUT2D eigenvalue weighted by Gasteiger charge is 2.19. The molecule has 0 atom stereocenters. The highest BCUT2D eigenvalue weighted by Crippen LogP contribution is 2.25. The molecule has 3 aromatic heterocycles. The van der Waals surface area contributed by atoms with Crippen LogP contribution in [0.4, 0.5) is 5.82 Å². The van der Waals surface area contributed by atoms with Crippen molar-refractivity contribution in [1.82, 2.24) is 19.6 Å².